The van der Waals surface area contributed by atoms with Crippen LogP contribution in [0.2, 0.25) is 5.02 Å². The summed E-state index contributed by atoms with van der Waals surface area (Å²) < 4.78 is 65.7. The quantitative estimate of drug-likeness (QED) is 0.718. The van der Waals surface area contributed by atoms with Crippen molar-refractivity contribution in [2.75, 3.05) is 18.4 Å². The first-order chi connectivity index (χ1) is 14.0. The van der Waals surface area contributed by atoms with Crippen molar-refractivity contribution in [2.45, 2.75) is 30.8 Å². The van der Waals surface area contributed by atoms with Gasteiger partial charge >= 0.3 is 6.18 Å². The zero-order valence-electron chi connectivity index (χ0n) is 16.0. The molecule has 1 heterocycles. The molecule has 3 rings (SSSR count). The van der Waals surface area contributed by atoms with Crippen LogP contribution in [0.5, 0.6) is 0 Å². The Morgan fingerprint density at radius 1 is 1.10 bits per heavy atom. The lowest BCUT2D eigenvalue weighted by Crippen LogP contribution is -2.41. The molecule has 1 N–H and O–H groups in total. The fraction of sp³-hybridized carbons (Fsp3) is 0.350. The second kappa shape index (κ2) is 8.56. The van der Waals surface area contributed by atoms with E-state index in [1.807, 2.05) is 6.92 Å². The molecule has 30 heavy (non-hydrogen) atoms. The predicted octanol–water partition coefficient (Wildman–Crippen LogP) is 4.71. The van der Waals surface area contributed by atoms with Crippen LogP contribution in [0, 0.1) is 12.8 Å². The molecule has 10 heteroatoms. The van der Waals surface area contributed by atoms with E-state index in [2.05, 4.69) is 5.32 Å². The molecule has 1 aliphatic rings. The molecule has 5 nitrogen and oxygen atoms in total. The maximum absolute atomic E-state index is 13.0. The fourth-order valence-electron chi connectivity index (χ4n) is 3.28. The van der Waals surface area contributed by atoms with E-state index in [1.54, 1.807) is 24.3 Å². The van der Waals surface area contributed by atoms with E-state index in [9.17, 15) is 26.4 Å². The van der Waals surface area contributed by atoms with Crippen molar-refractivity contribution in [1.29, 1.82) is 0 Å². The summed E-state index contributed by atoms with van der Waals surface area (Å²) in [7, 11) is -3.65. The fourth-order valence-corrected chi connectivity index (χ4v) is 4.98. The highest BCUT2D eigenvalue weighted by molar-refractivity contribution is 7.89. The summed E-state index contributed by atoms with van der Waals surface area (Å²) in [4.78, 5) is 12.7. The van der Waals surface area contributed by atoms with E-state index in [0.29, 0.717) is 0 Å². The van der Waals surface area contributed by atoms with Crippen molar-refractivity contribution < 1.29 is 26.4 Å². The maximum Gasteiger partial charge on any atom is 0.417 e. The van der Waals surface area contributed by atoms with Gasteiger partial charge in [0.05, 0.1) is 15.5 Å². The smallest absolute Gasteiger partial charge is 0.326 e. The number of aryl methyl sites for hydroxylation is 1. The average Bonchev–Trinajstić information content (AvgIpc) is 2.69. The van der Waals surface area contributed by atoms with E-state index in [-0.39, 0.29) is 36.5 Å². The third-order valence-corrected chi connectivity index (χ3v) is 7.27. The molecular formula is C20H20ClF3N2O3S. The number of alkyl halides is 3. The summed E-state index contributed by atoms with van der Waals surface area (Å²) >= 11 is 5.59. The van der Waals surface area contributed by atoms with Crippen LogP contribution in [0.25, 0.3) is 0 Å². The van der Waals surface area contributed by atoms with Gasteiger partial charge in [-0.2, -0.15) is 17.5 Å². The zero-order chi connectivity index (χ0) is 22.1. The predicted molar refractivity (Wildman–Crippen MR) is 108 cm³/mol. The lowest BCUT2D eigenvalue weighted by molar-refractivity contribution is -0.137. The molecule has 1 aliphatic heterocycles. The van der Waals surface area contributed by atoms with Gasteiger partial charge in [-0.15, -0.1) is 0 Å². The minimum Gasteiger partial charge on any atom is -0.326 e. The van der Waals surface area contributed by atoms with Crippen LogP contribution in [0.1, 0.15) is 24.0 Å². The lowest BCUT2D eigenvalue weighted by atomic mass is 9.97. The third-order valence-electron chi connectivity index (χ3n) is 5.02. The summed E-state index contributed by atoms with van der Waals surface area (Å²) in [5, 5.41) is 2.03. The number of hydrogen-bond acceptors (Lipinski definition) is 3. The molecule has 1 amide bonds. The Hall–Kier alpha value is -2.10. The lowest BCUT2D eigenvalue weighted by Gasteiger charge is -2.30. The molecule has 0 unspecified atom stereocenters. The highest BCUT2D eigenvalue weighted by atomic mass is 35.5. The highest BCUT2D eigenvalue weighted by Gasteiger charge is 2.34. The van der Waals surface area contributed by atoms with E-state index in [1.165, 1.54) is 10.4 Å². The minimum atomic E-state index is -4.63. The molecule has 0 radical (unpaired) electrons. The Morgan fingerprint density at radius 3 is 2.27 bits per heavy atom. The first-order valence-corrected chi connectivity index (χ1v) is 11.0. The number of benzene rings is 2. The Kier molecular flexibility index (Phi) is 6.45. The molecule has 2 aromatic rings. The van der Waals surface area contributed by atoms with Crippen LogP contribution < -0.4 is 5.32 Å². The van der Waals surface area contributed by atoms with Gasteiger partial charge in [-0.1, -0.05) is 29.3 Å². The van der Waals surface area contributed by atoms with Crippen molar-refractivity contribution in [1.82, 2.24) is 4.31 Å². The molecule has 0 spiro atoms. The number of nitrogens with one attached hydrogen (secondary N) is 1. The number of rotatable bonds is 4. The second-order valence-electron chi connectivity index (χ2n) is 7.17. The topological polar surface area (TPSA) is 66.5 Å². The van der Waals surface area contributed by atoms with E-state index in [0.717, 1.165) is 17.7 Å². The standard InChI is InChI=1S/C20H20ClF3N2O3S/c1-13-2-5-16(6-3-13)30(28,29)26-10-8-14(9-11-26)19(27)25-15-4-7-18(21)17(12-15)20(22,23)24/h2-7,12,14H,8-11H2,1H3,(H,25,27). The summed E-state index contributed by atoms with van der Waals surface area (Å²) in [5.41, 5.74) is -0.0902. The van der Waals surface area contributed by atoms with Gasteiger partial charge in [0, 0.05) is 24.7 Å². The van der Waals surface area contributed by atoms with Crippen molar-refractivity contribution in [3.05, 3.63) is 58.6 Å². The van der Waals surface area contributed by atoms with Crippen molar-refractivity contribution in [3.63, 3.8) is 0 Å². The van der Waals surface area contributed by atoms with Gasteiger partial charge in [-0.25, -0.2) is 8.42 Å². The van der Waals surface area contributed by atoms with Gasteiger partial charge in [0.2, 0.25) is 15.9 Å². The molecule has 162 valence electrons. The number of carbonyl (C=O) groups excluding carboxylic acids is 1. The molecule has 0 atom stereocenters. The molecule has 0 aromatic heterocycles. The summed E-state index contributed by atoms with van der Waals surface area (Å²) in [6, 6.07) is 9.69. The largest absolute Gasteiger partial charge is 0.417 e. The molecular weight excluding hydrogens is 441 g/mol. The van der Waals surface area contributed by atoms with Crippen molar-refractivity contribution >= 4 is 33.2 Å². The Balaban J connectivity index is 1.64. The normalized spacial score (nSPS) is 16.4. The summed E-state index contributed by atoms with van der Waals surface area (Å²) in [6.07, 6.45) is -4.08. The van der Waals surface area contributed by atoms with Crippen LogP contribution in [-0.2, 0) is 21.0 Å². The monoisotopic (exact) mass is 460 g/mol. The van der Waals surface area contributed by atoms with Crippen LogP contribution in [0.15, 0.2) is 47.4 Å². The number of amides is 1. The number of anilines is 1. The van der Waals surface area contributed by atoms with E-state index >= 15 is 0 Å². The van der Waals surface area contributed by atoms with Crippen LogP contribution in [-0.4, -0.2) is 31.7 Å². The molecule has 1 fully saturated rings. The number of hydrogen-bond donors (Lipinski definition) is 1. The van der Waals surface area contributed by atoms with E-state index in [4.69, 9.17) is 11.6 Å². The van der Waals surface area contributed by atoms with Gasteiger partial charge in [0.25, 0.3) is 0 Å². The van der Waals surface area contributed by atoms with Gasteiger partial charge in [0.1, 0.15) is 0 Å². The van der Waals surface area contributed by atoms with Gasteiger partial charge in [0.15, 0.2) is 0 Å². The number of piperidine rings is 1. The Morgan fingerprint density at radius 2 is 1.70 bits per heavy atom. The van der Waals surface area contributed by atoms with Crippen LogP contribution in [0.3, 0.4) is 0 Å². The van der Waals surface area contributed by atoms with Gasteiger partial charge in [-0.3, -0.25) is 4.79 Å². The Labute approximate surface area is 177 Å². The van der Waals surface area contributed by atoms with Crippen LogP contribution >= 0.6 is 11.6 Å². The molecule has 0 saturated carbocycles. The summed E-state index contributed by atoms with van der Waals surface area (Å²) in [5.74, 6) is -0.947. The minimum absolute atomic E-state index is 0.00793. The molecule has 1 saturated heterocycles. The maximum atomic E-state index is 13.0. The first kappa shape index (κ1) is 22.6. The Bertz CT molecular complexity index is 1030. The number of carbonyl (C=O) groups is 1. The third kappa shape index (κ3) is 4.96. The summed E-state index contributed by atoms with van der Waals surface area (Å²) in [6.45, 7) is 2.17. The average molecular weight is 461 g/mol. The van der Waals surface area contributed by atoms with E-state index < -0.39 is 38.6 Å². The highest BCUT2D eigenvalue weighted by Crippen LogP contribution is 2.36. The molecule has 0 bridgehead atoms. The first-order valence-electron chi connectivity index (χ1n) is 9.23. The van der Waals surface area contributed by atoms with Crippen molar-refractivity contribution in [2.24, 2.45) is 5.92 Å². The zero-order valence-corrected chi connectivity index (χ0v) is 17.6. The molecule has 2 aromatic carbocycles. The van der Waals surface area contributed by atoms with Gasteiger partial charge in [-0.05, 0) is 50.1 Å². The SMILES string of the molecule is Cc1ccc(S(=O)(=O)N2CCC(C(=O)Nc3ccc(Cl)c(C(F)(F)F)c3)CC2)cc1. The number of nitrogens with zero attached hydrogens (tertiary/aromatic N) is 1. The number of halogens is 4. The van der Waals surface area contributed by atoms with Crippen LogP contribution in [0.4, 0.5) is 18.9 Å². The van der Waals surface area contributed by atoms with Gasteiger partial charge < -0.3 is 5.32 Å². The second-order valence-corrected chi connectivity index (χ2v) is 9.52. The number of sulfonamides is 1. The molecule has 0 aliphatic carbocycles. The van der Waals surface area contributed by atoms with Crippen molar-refractivity contribution in [3.8, 4) is 0 Å².